The zero-order valence-electron chi connectivity index (χ0n) is 8.73. The lowest BCUT2D eigenvalue weighted by Gasteiger charge is -2.05. The molecule has 0 saturated heterocycles. The maximum absolute atomic E-state index is 11.1. The van der Waals surface area contributed by atoms with E-state index in [1.165, 1.54) is 5.56 Å². The number of carboxylic acids is 1. The monoisotopic (exact) mass is 242 g/mol. The highest BCUT2D eigenvalue weighted by molar-refractivity contribution is 7.07. The molecule has 1 aromatic rings. The van der Waals surface area contributed by atoms with E-state index >= 15 is 0 Å². The first kappa shape index (κ1) is 12.5. The first-order valence-corrected chi connectivity index (χ1v) is 5.87. The Morgan fingerprint density at radius 2 is 2.06 bits per heavy atom. The van der Waals surface area contributed by atoms with Crippen molar-refractivity contribution in [2.45, 2.75) is 12.8 Å². The molecule has 0 fully saturated rings. The summed E-state index contributed by atoms with van der Waals surface area (Å²) in [4.78, 5) is 21.3. The number of carbonyl (C=O) groups is 2. The van der Waals surface area contributed by atoms with Crippen molar-refractivity contribution in [1.82, 2.24) is 10.6 Å². The van der Waals surface area contributed by atoms with Gasteiger partial charge in [0, 0.05) is 13.1 Å². The largest absolute Gasteiger partial charge is 0.481 e. The molecule has 0 radical (unpaired) electrons. The Bertz CT molecular complexity index is 338. The van der Waals surface area contributed by atoms with Gasteiger partial charge in [-0.2, -0.15) is 11.3 Å². The number of carboxylic acid groups (broad SMARTS) is 1. The van der Waals surface area contributed by atoms with Gasteiger partial charge in [-0.15, -0.1) is 0 Å². The lowest BCUT2D eigenvalue weighted by atomic mass is 10.2. The topological polar surface area (TPSA) is 78.4 Å². The molecule has 0 bridgehead atoms. The fraction of sp³-hybridized carbons (Fsp3) is 0.400. The molecule has 0 aliphatic rings. The van der Waals surface area contributed by atoms with Gasteiger partial charge in [-0.1, -0.05) is 0 Å². The molecule has 1 rings (SSSR count). The first-order valence-electron chi connectivity index (χ1n) is 4.93. The Kier molecular flexibility index (Phi) is 5.35. The second-order valence-electron chi connectivity index (χ2n) is 3.21. The number of hydrogen-bond acceptors (Lipinski definition) is 3. The summed E-state index contributed by atoms with van der Waals surface area (Å²) < 4.78 is 0. The maximum atomic E-state index is 11.1. The molecule has 0 unspecified atom stereocenters. The van der Waals surface area contributed by atoms with Crippen LogP contribution in [0.5, 0.6) is 0 Å². The van der Waals surface area contributed by atoms with Crippen LogP contribution in [-0.4, -0.2) is 30.2 Å². The van der Waals surface area contributed by atoms with Gasteiger partial charge < -0.3 is 15.7 Å². The molecular weight excluding hydrogens is 228 g/mol. The summed E-state index contributed by atoms with van der Waals surface area (Å²) in [5.74, 6) is -0.918. The molecule has 0 aromatic carbocycles. The van der Waals surface area contributed by atoms with Crippen molar-refractivity contribution < 1.29 is 14.7 Å². The van der Waals surface area contributed by atoms with Crippen molar-refractivity contribution >= 4 is 23.3 Å². The average molecular weight is 242 g/mol. The molecule has 1 aromatic heterocycles. The molecule has 2 amide bonds. The van der Waals surface area contributed by atoms with Crippen LogP contribution in [0, 0.1) is 0 Å². The lowest BCUT2D eigenvalue weighted by molar-refractivity contribution is -0.136. The quantitative estimate of drug-likeness (QED) is 0.698. The molecule has 5 nitrogen and oxygen atoms in total. The molecule has 16 heavy (non-hydrogen) atoms. The van der Waals surface area contributed by atoms with Gasteiger partial charge in [-0.05, 0) is 28.8 Å². The number of hydrogen-bond donors (Lipinski definition) is 3. The Labute approximate surface area is 97.5 Å². The van der Waals surface area contributed by atoms with Crippen molar-refractivity contribution in [2.75, 3.05) is 13.1 Å². The van der Waals surface area contributed by atoms with Crippen LogP contribution in [0.15, 0.2) is 16.8 Å². The average Bonchev–Trinajstić information content (AvgIpc) is 2.70. The third kappa shape index (κ3) is 5.35. The Morgan fingerprint density at radius 3 is 2.69 bits per heavy atom. The SMILES string of the molecule is O=C(O)CCNC(=O)NCCc1ccsc1. The van der Waals surface area contributed by atoms with Crippen LogP contribution in [0.1, 0.15) is 12.0 Å². The summed E-state index contributed by atoms with van der Waals surface area (Å²) >= 11 is 1.62. The van der Waals surface area contributed by atoms with E-state index in [1.807, 2.05) is 16.8 Å². The predicted molar refractivity (Wildman–Crippen MR) is 61.7 cm³/mol. The van der Waals surface area contributed by atoms with E-state index in [1.54, 1.807) is 11.3 Å². The maximum Gasteiger partial charge on any atom is 0.314 e. The molecular formula is C10H14N2O3S. The molecule has 0 saturated carbocycles. The standard InChI is InChI=1S/C10H14N2O3S/c13-9(14)2-5-12-10(15)11-4-1-8-3-6-16-7-8/h3,6-7H,1-2,4-5H2,(H,13,14)(H2,11,12,15). The van der Waals surface area contributed by atoms with E-state index in [0.717, 1.165) is 6.42 Å². The van der Waals surface area contributed by atoms with Crippen LogP contribution in [0.2, 0.25) is 0 Å². The second-order valence-corrected chi connectivity index (χ2v) is 3.99. The lowest BCUT2D eigenvalue weighted by Crippen LogP contribution is -2.37. The van der Waals surface area contributed by atoms with Gasteiger partial charge in [0.25, 0.3) is 0 Å². The Balaban J connectivity index is 2.04. The van der Waals surface area contributed by atoms with Crippen molar-refractivity contribution in [3.8, 4) is 0 Å². The van der Waals surface area contributed by atoms with Gasteiger partial charge in [-0.3, -0.25) is 4.79 Å². The number of rotatable bonds is 6. The summed E-state index contributed by atoms with van der Waals surface area (Å²) in [5, 5.41) is 17.5. The van der Waals surface area contributed by atoms with Crippen molar-refractivity contribution in [3.05, 3.63) is 22.4 Å². The van der Waals surface area contributed by atoms with Crippen LogP contribution < -0.4 is 10.6 Å². The van der Waals surface area contributed by atoms with E-state index in [2.05, 4.69) is 10.6 Å². The molecule has 0 spiro atoms. The molecule has 3 N–H and O–H groups in total. The van der Waals surface area contributed by atoms with E-state index in [-0.39, 0.29) is 19.0 Å². The van der Waals surface area contributed by atoms with Crippen LogP contribution in [0.25, 0.3) is 0 Å². The van der Waals surface area contributed by atoms with Gasteiger partial charge in [-0.25, -0.2) is 4.79 Å². The predicted octanol–water partition coefficient (Wildman–Crippen LogP) is 1.06. The van der Waals surface area contributed by atoms with Crippen LogP contribution in [0.3, 0.4) is 0 Å². The first-order chi connectivity index (χ1) is 7.68. The molecule has 6 heteroatoms. The Morgan fingerprint density at radius 1 is 1.31 bits per heavy atom. The molecule has 0 aliphatic heterocycles. The van der Waals surface area contributed by atoms with E-state index in [4.69, 9.17) is 5.11 Å². The Hall–Kier alpha value is -1.56. The smallest absolute Gasteiger partial charge is 0.314 e. The fourth-order valence-electron chi connectivity index (χ4n) is 1.10. The summed E-state index contributed by atoms with van der Waals surface area (Å²) in [5.41, 5.74) is 1.19. The van der Waals surface area contributed by atoms with Crippen LogP contribution >= 0.6 is 11.3 Å². The molecule has 1 heterocycles. The van der Waals surface area contributed by atoms with Crippen molar-refractivity contribution in [2.24, 2.45) is 0 Å². The number of carbonyl (C=O) groups excluding carboxylic acids is 1. The zero-order valence-corrected chi connectivity index (χ0v) is 9.55. The number of urea groups is 1. The fourth-order valence-corrected chi connectivity index (χ4v) is 1.80. The third-order valence-corrected chi connectivity index (χ3v) is 2.64. The summed E-state index contributed by atoms with van der Waals surface area (Å²) in [7, 11) is 0. The summed E-state index contributed by atoms with van der Waals surface area (Å²) in [6, 6.07) is 1.69. The molecule has 88 valence electrons. The van der Waals surface area contributed by atoms with Gasteiger partial charge in [0.15, 0.2) is 0 Å². The highest BCUT2D eigenvalue weighted by Gasteiger charge is 2.01. The number of amides is 2. The number of aliphatic carboxylic acids is 1. The minimum absolute atomic E-state index is 0.0576. The zero-order chi connectivity index (χ0) is 11.8. The third-order valence-electron chi connectivity index (χ3n) is 1.90. The van der Waals surface area contributed by atoms with Gasteiger partial charge in [0.05, 0.1) is 6.42 Å². The van der Waals surface area contributed by atoms with E-state index in [9.17, 15) is 9.59 Å². The number of thiophene rings is 1. The van der Waals surface area contributed by atoms with Crippen molar-refractivity contribution in [1.29, 1.82) is 0 Å². The van der Waals surface area contributed by atoms with Crippen LogP contribution in [-0.2, 0) is 11.2 Å². The highest BCUT2D eigenvalue weighted by atomic mass is 32.1. The normalized spacial score (nSPS) is 9.75. The second kappa shape index (κ2) is 6.84. The summed E-state index contributed by atoms with van der Waals surface area (Å²) in [6.45, 7) is 0.704. The summed E-state index contributed by atoms with van der Waals surface area (Å²) in [6.07, 6.45) is 0.730. The van der Waals surface area contributed by atoms with Crippen molar-refractivity contribution in [3.63, 3.8) is 0 Å². The molecule has 0 aliphatic carbocycles. The highest BCUT2D eigenvalue weighted by Crippen LogP contribution is 2.05. The van der Waals surface area contributed by atoms with E-state index in [0.29, 0.717) is 6.54 Å². The van der Waals surface area contributed by atoms with Crippen LogP contribution in [0.4, 0.5) is 4.79 Å². The van der Waals surface area contributed by atoms with Gasteiger partial charge in [0.1, 0.15) is 0 Å². The van der Waals surface area contributed by atoms with E-state index < -0.39 is 5.97 Å². The number of nitrogens with one attached hydrogen (secondary N) is 2. The van der Waals surface area contributed by atoms with Gasteiger partial charge in [0.2, 0.25) is 0 Å². The minimum atomic E-state index is -0.918. The minimum Gasteiger partial charge on any atom is -0.481 e. The van der Waals surface area contributed by atoms with Gasteiger partial charge >= 0.3 is 12.0 Å². The molecule has 0 atom stereocenters.